The molecular weight excluding hydrogens is 445 g/mol. The van der Waals surface area contributed by atoms with Crippen LogP contribution in [-0.2, 0) is 24.2 Å². The number of rotatable bonds is 11. The highest BCUT2D eigenvalue weighted by molar-refractivity contribution is 5.89. The van der Waals surface area contributed by atoms with Gasteiger partial charge in [0.05, 0.1) is 5.69 Å². The first-order valence-corrected chi connectivity index (χ1v) is 12.2. The SMILES string of the molecule is Cc1noc(C)c1-c1ccc2c(c1)c(CCc1ccc(F)cc1)cn2CCCCCCC(=O)NO. The van der Waals surface area contributed by atoms with Gasteiger partial charge in [-0.2, -0.15) is 0 Å². The van der Waals surface area contributed by atoms with E-state index in [0.29, 0.717) is 6.42 Å². The molecule has 35 heavy (non-hydrogen) atoms. The van der Waals surface area contributed by atoms with Crippen LogP contribution in [0.3, 0.4) is 0 Å². The zero-order chi connectivity index (χ0) is 24.8. The Hall–Kier alpha value is -3.45. The maximum absolute atomic E-state index is 13.3. The molecule has 0 spiro atoms. The van der Waals surface area contributed by atoms with Gasteiger partial charge in [-0.25, -0.2) is 9.87 Å². The van der Waals surface area contributed by atoms with E-state index in [2.05, 4.69) is 34.1 Å². The minimum Gasteiger partial charge on any atom is -0.361 e. The van der Waals surface area contributed by atoms with Crippen molar-refractivity contribution in [3.63, 3.8) is 0 Å². The van der Waals surface area contributed by atoms with Crippen molar-refractivity contribution in [2.24, 2.45) is 0 Å². The van der Waals surface area contributed by atoms with Gasteiger partial charge < -0.3 is 9.09 Å². The van der Waals surface area contributed by atoms with Crippen LogP contribution in [0.15, 0.2) is 53.2 Å². The van der Waals surface area contributed by atoms with Gasteiger partial charge in [-0.1, -0.05) is 36.2 Å². The first-order chi connectivity index (χ1) is 17.0. The molecule has 2 N–H and O–H groups in total. The van der Waals surface area contributed by atoms with E-state index in [1.165, 1.54) is 28.6 Å². The summed E-state index contributed by atoms with van der Waals surface area (Å²) in [6.07, 6.45) is 8.01. The second-order valence-corrected chi connectivity index (χ2v) is 9.10. The van der Waals surface area contributed by atoms with E-state index < -0.39 is 0 Å². The van der Waals surface area contributed by atoms with Crippen molar-refractivity contribution in [1.82, 2.24) is 15.2 Å². The summed E-state index contributed by atoms with van der Waals surface area (Å²) in [6.45, 7) is 4.79. The number of aryl methyl sites for hydroxylation is 5. The lowest BCUT2D eigenvalue weighted by Gasteiger charge is -2.07. The van der Waals surface area contributed by atoms with Crippen molar-refractivity contribution >= 4 is 16.8 Å². The third-order valence-electron chi connectivity index (χ3n) is 6.56. The van der Waals surface area contributed by atoms with E-state index in [1.54, 1.807) is 5.48 Å². The van der Waals surface area contributed by atoms with Gasteiger partial charge in [0.25, 0.3) is 0 Å². The Balaban J connectivity index is 1.54. The van der Waals surface area contributed by atoms with Gasteiger partial charge in [0.15, 0.2) is 0 Å². The van der Waals surface area contributed by atoms with Crippen LogP contribution in [-0.4, -0.2) is 20.8 Å². The summed E-state index contributed by atoms with van der Waals surface area (Å²) in [4.78, 5) is 11.2. The van der Waals surface area contributed by atoms with Crippen molar-refractivity contribution in [2.45, 2.75) is 65.3 Å². The number of amides is 1. The van der Waals surface area contributed by atoms with Gasteiger partial charge in [-0.15, -0.1) is 0 Å². The van der Waals surface area contributed by atoms with E-state index in [9.17, 15) is 9.18 Å². The van der Waals surface area contributed by atoms with Crippen LogP contribution in [0.1, 0.15) is 54.7 Å². The molecule has 0 unspecified atom stereocenters. The Labute approximate surface area is 204 Å². The zero-order valence-electron chi connectivity index (χ0n) is 20.3. The molecule has 0 saturated carbocycles. The minimum atomic E-state index is -0.332. The average molecular weight is 478 g/mol. The van der Waals surface area contributed by atoms with Gasteiger partial charge in [0.1, 0.15) is 11.6 Å². The van der Waals surface area contributed by atoms with Crippen molar-refractivity contribution in [2.75, 3.05) is 0 Å². The second kappa shape index (κ2) is 11.3. The Morgan fingerprint density at radius 3 is 2.54 bits per heavy atom. The third kappa shape index (κ3) is 5.98. The zero-order valence-corrected chi connectivity index (χ0v) is 20.3. The molecule has 0 bridgehead atoms. The highest BCUT2D eigenvalue weighted by atomic mass is 19.1. The number of nitrogens with one attached hydrogen (secondary N) is 1. The second-order valence-electron chi connectivity index (χ2n) is 9.10. The maximum Gasteiger partial charge on any atom is 0.243 e. The smallest absolute Gasteiger partial charge is 0.243 e. The Kier molecular flexibility index (Phi) is 7.98. The fourth-order valence-corrected chi connectivity index (χ4v) is 4.71. The molecule has 184 valence electrons. The molecule has 2 heterocycles. The van der Waals surface area contributed by atoms with Crippen molar-refractivity contribution in [1.29, 1.82) is 0 Å². The molecule has 0 saturated heterocycles. The molecule has 2 aromatic carbocycles. The summed E-state index contributed by atoms with van der Waals surface area (Å²) in [7, 11) is 0. The number of unbranched alkanes of at least 4 members (excludes halogenated alkanes) is 3. The molecule has 0 radical (unpaired) electrons. The van der Waals surface area contributed by atoms with E-state index in [1.807, 2.05) is 26.0 Å². The number of hydrogen-bond donors (Lipinski definition) is 2. The average Bonchev–Trinajstić information content (AvgIpc) is 3.38. The number of fused-ring (bicyclic) bond motifs is 1. The van der Waals surface area contributed by atoms with Crippen LogP contribution < -0.4 is 5.48 Å². The van der Waals surface area contributed by atoms with Crippen molar-refractivity contribution in [3.05, 3.63) is 77.1 Å². The molecule has 0 atom stereocenters. The van der Waals surface area contributed by atoms with Crippen LogP contribution in [0.25, 0.3) is 22.0 Å². The molecular formula is C28H32FN3O3. The van der Waals surface area contributed by atoms with Gasteiger partial charge in [0, 0.05) is 35.6 Å². The highest BCUT2D eigenvalue weighted by Crippen LogP contribution is 2.32. The minimum absolute atomic E-state index is 0.216. The molecule has 4 aromatic rings. The quantitative estimate of drug-likeness (QED) is 0.151. The lowest BCUT2D eigenvalue weighted by atomic mass is 9.99. The van der Waals surface area contributed by atoms with Crippen molar-refractivity contribution < 1.29 is 18.9 Å². The van der Waals surface area contributed by atoms with Gasteiger partial charge in [0.2, 0.25) is 5.91 Å². The predicted molar refractivity (Wildman–Crippen MR) is 134 cm³/mol. The molecule has 4 rings (SSSR count). The molecule has 0 fully saturated rings. The Morgan fingerprint density at radius 2 is 1.83 bits per heavy atom. The first kappa shape index (κ1) is 24.7. The van der Waals surface area contributed by atoms with E-state index in [-0.39, 0.29) is 11.7 Å². The molecule has 7 heteroatoms. The summed E-state index contributed by atoms with van der Waals surface area (Å²) in [5, 5.41) is 13.9. The number of benzene rings is 2. The topological polar surface area (TPSA) is 80.3 Å². The molecule has 0 aliphatic heterocycles. The number of carbonyl (C=O) groups excluding carboxylic acids is 1. The lowest BCUT2D eigenvalue weighted by Crippen LogP contribution is -2.17. The van der Waals surface area contributed by atoms with Crippen LogP contribution in [0.5, 0.6) is 0 Å². The van der Waals surface area contributed by atoms with E-state index in [0.717, 1.165) is 73.2 Å². The Morgan fingerprint density at radius 1 is 1.06 bits per heavy atom. The molecule has 6 nitrogen and oxygen atoms in total. The van der Waals surface area contributed by atoms with Gasteiger partial charge >= 0.3 is 0 Å². The summed E-state index contributed by atoms with van der Waals surface area (Å²) < 4.78 is 21.0. The van der Waals surface area contributed by atoms with Crippen molar-refractivity contribution in [3.8, 4) is 11.1 Å². The third-order valence-corrected chi connectivity index (χ3v) is 6.56. The van der Waals surface area contributed by atoms with Gasteiger partial charge in [-0.3, -0.25) is 10.0 Å². The summed E-state index contributed by atoms with van der Waals surface area (Å²) in [5.74, 6) is 0.261. The van der Waals surface area contributed by atoms with Crippen LogP contribution in [0.2, 0.25) is 0 Å². The number of hydroxylamine groups is 1. The highest BCUT2D eigenvalue weighted by Gasteiger charge is 2.15. The fourth-order valence-electron chi connectivity index (χ4n) is 4.71. The molecule has 0 aliphatic rings. The van der Waals surface area contributed by atoms with Crippen LogP contribution in [0.4, 0.5) is 4.39 Å². The standard InChI is InChI=1S/C28H32FN3O3/c1-19-28(20(2)35-31-19)22-12-15-26-25(17-22)23(11-8-21-9-13-24(29)14-10-21)18-32(26)16-6-4-3-5-7-27(33)30-34/h9-10,12-15,17-18,34H,3-8,11,16H2,1-2H3,(H,30,33). The first-order valence-electron chi connectivity index (χ1n) is 12.2. The monoisotopic (exact) mass is 477 g/mol. The number of hydrogen-bond acceptors (Lipinski definition) is 4. The Bertz CT molecular complexity index is 1270. The summed E-state index contributed by atoms with van der Waals surface area (Å²) in [5.41, 5.74) is 8.25. The van der Waals surface area contributed by atoms with E-state index in [4.69, 9.17) is 9.73 Å². The number of carbonyl (C=O) groups is 1. The molecule has 2 aromatic heterocycles. The number of halogens is 1. The van der Waals surface area contributed by atoms with E-state index >= 15 is 0 Å². The molecule has 1 amide bonds. The van der Waals surface area contributed by atoms with Crippen LogP contribution >= 0.6 is 0 Å². The number of aromatic nitrogens is 2. The lowest BCUT2D eigenvalue weighted by molar-refractivity contribution is -0.129. The largest absolute Gasteiger partial charge is 0.361 e. The summed E-state index contributed by atoms with van der Waals surface area (Å²) >= 11 is 0. The van der Waals surface area contributed by atoms with Gasteiger partial charge in [-0.05, 0) is 80.5 Å². The molecule has 0 aliphatic carbocycles. The predicted octanol–water partition coefficient (Wildman–Crippen LogP) is 6.29. The fraction of sp³-hybridized carbons (Fsp3) is 0.357. The van der Waals surface area contributed by atoms with Crippen LogP contribution in [0, 0.1) is 19.7 Å². The summed E-state index contributed by atoms with van der Waals surface area (Å²) in [6, 6.07) is 13.2. The maximum atomic E-state index is 13.3. The normalized spacial score (nSPS) is 11.3. The number of nitrogens with zero attached hydrogens (tertiary/aromatic N) is 2.